The van der Waals surface area contributed by atoms with Crippen LogP contribution in [-0.2, 0) is 6.54 Å². The Balaban J connectivity index is 1.61. The summed E-state index contributed by atoms with van der Waals surface area (Å²) >= 11 is 6.00. The molecule has 0 fully saturated rings. The fourth-order valence-electron chi connectivity index (χ4n) is 2.00. The Morgan fingerprint density at radius 3 is 2.70 bits per heavy atom. The van der Waals surface area contributed by atoms with E-state index in [0.717, 1.165) is 11.4 Å². The van der Waals surface area contributed by atoms with Gasteiger partial charge in [0, 0.05) is 0 Å². The van der Waals surface area contributed by atoms with Crippen LogP contribution in [0.4, 0.5) is 11.5 Å². The molecule has 2 aromatic heterocycles. The lowest BCUT2D eigenvalue weighted by molar-refractivity contribution is 0.102. The van der Waals surface area contributed by atoms with Crippen molar-refractivity contribution in [2.45, 2.75) is 6.54 Å². The van der Waals surface area contributed by atoms with Crippen LogP contribution in [0.1, 0.15) is 16.1 Å². The van der Waals surface area contributed by atoms with E-state index in [0.29, 0.717) is 22.9 Å². The Morgan fingerprint density at radius 1 is 1.13 bits per heavy atom. The Labute approximate surface area is 138 Å². The molecule has 23 heavy (non-hydrogen) atoms. The number of amides is 1. The monoisotopic (exact) mass is 327 g/mol. The van der Waals surface area contributed by atoms with E-state index in [9.17, 15) is 4.79 Å². The van der Waals surface area contributed by atoms with Crippen LogP contribution in [0.15, 0.2) is 65.4 Å². The molecule has 0 saturated heterocycles. The number of nitrogens with zero attached hydrogens (tertiary/aromatic N) is 1. The summed E-state index contributed by atoms with van der Waals surface area (Å²) in [6.45, 7) is 0.569. The van der Waals surface area contributed by atoms with Crippen LogP contribution in [0.25, 0.3) is 0 Å². The van der Waals surface area contributed by atoms with Crippen molar-refractivity contribution >= 4 is 29.0 Å². The van der Waals surface area contributed by atoms with Gasteiger partial charge in [0.15, 0.2) is 0 Å². The fourth-order valence-corrected chi connectivity index (χ4v) is 2.23. The summed E-state index contributed by atoms with van der Waals surface area (Å²) in [5.41, 5.74) is 1.24. The molecule has 0 radical (unpaired) electrons. The summed E-state index contributed by atoms with van der Waals surface area (Å²) in [6.07, 6.45) is 3.27. The molecular weight excluding hydrogens is 314 g/mol. The molecule has 0 aliphatic rings. The third-order valence-corrected chi connectivity index (χ3v) is 3.50. The summed E-state index contributed by atoms with van der Waals surface area (Å²) in [4.78, 5) is 16.3. The van der Waals surface area contributed by atoms with Crippen molar-refractivity contribution in [3.63, 3.8) is 0 Å². The number of furan rings is 1. The van der Waals surface area contributed by atoms with E-state index < -0.39 is 0 Å². The van der Waals surface area contributed by atoms with Crippen LogP contribution >= 0.6 is 11.6 Å². The summed E-state index contributed by atoms with van der Waals surface area (Å²) < 4.78 is 5.24. The zero-order valence-electron chi connectivity index (χ0n) is 12.1. The Morgan fingerprint density at radius 2 is 2.00 bits per heavy atom. The van der Waals surface area contributed by atoms with Gasteiger partial charge in [-0.15, -0.1) is 0 Å². The second kappa shape index (κ2) is 6.98. The van der Waals surface area contributed by atoms with Crippen LogP contribution in [0.2, 0.25) is 5.02 Å². The third kappa shape index (κ3) is 3.90. The van der Waals surface area contributed by atoms with Gasteiger partial charge in [-0.1, -0.05) is 23.7 Å². The molecule has 0 aliphatic heterocycles. The van der Waals surface area contributed by atoms with Gasteiger partial charge in [-0.3, -0.25) is 4.79 Å². The van der Waals surface area contributed by atoms with E-state index in [1.54, 1.807) is 42.8 Å². The Kier molecular flexibility index (Phi) is 4.59. The highest BCUT2D eigenvalue weighted by Crippen LogP contribution is 2.17. The molecule has 2 N–H and O–H groups in total. The first-order valence-corrected chi connectivity index (χ1v) is 7.38. The maximum absolute atomic E-state index is 12.1. The van der Waals surface area contributed by atoms with Gasteiger partial charge in [-0.25, -0.2) is 4.98 Å². The highest BCUT2D eigenvalue weighted by Gasteiger charge is 2.10. The molecule has 0 bridgehead atoms. The largest absolute Gasteiger partial charge is 0.467 e. The van der Waals surface area contributed by atoms with Crippen LogP contribution < -0.4 is 10.6 Å². The lowest BCUT2D eigenvalue weighted by Crippen LogP contribution is -2.13. The van der Waals surface area contributed by atoms with Crippen molar-refractivity contribution in [1.82, 2.24) is 4.98 Å². The number of halogens is 1. The molecule has 0 spiro atoms. The van der Waals surface area contributed by atoms with Crippen LogP contribution in [0.3, 0.4) is 0 Å². The number of aromatic nitrogens is 1. The molecule has 1 amide bonds. The van der Waals surface area contributed by atoms with Crippen LogP contribution in [0, 0.1) is 0 Å². The second-order valence-electron chi connectivity index (χ2n) is 4.80. The molecule has 3 rings (SSSR count). The quantitative estimate of drug-likeness (QED) is 0.737. The predicted molar refractivity (Wildman–Crippen MR) is 89.7 cm³/mol. The third-order valence-electron chi connectivity index (χ3n) is 3.17. The number of benzene rings is 1. The number of carbonyl (C=O) groups is 1. The normalized spacial score (nSPS) is 10.3. The van der Waals surface area contributed by atoms with E-state index in [4.69, 9.17) is 16.0 Å². The first-order valence-electron chi connectivity index (χ1n) is 7.00. The first kappa shape index (κ1) is 15.1. The van der Waals surface area contributed by atoms with Crippen molar-refractivity contribution in [3.05, 3.63) is 77.3 Å². The minimum atomic E-state index is -0.292. The van der Waals surface area contributed by atoms with Crippen molar-refractivity contribution in [2.24, 2.45) is 0 Å². The molecule has 0 saturated carbocycles. The average Bonchev–Trinajstić information content (AvgIpc) is 3.08. The van der Waals surface area contributed by atoms with Gasteiger partial charge in [0.1, 0.15) is 11.6 Å². The molecule has 0 atom stereocenters. The number of rotatable bonds is 5. The van der Waals surface area contributed by atoms with Crippen molar-refractivity contribution in [3.8, 4) is 0 Å². The number of hydrogen-bond acceptors (Lipinski definition) is 4. The van der Waals surface area contributed by atoms with Gasteiger partial charge in [0.2, 0.25) is 0 Å². The lowest BCUT2D eigenvalue weighted by atomic mass is 10.2. The molecule has 1 aromatic carbocycles. The smallest absolute Gasteiger partial charge is 0.258 e. The van der Waals surface area contributed by atoms with Crippen molar-refractivity contribution in [2.75, 3.05) is 10.6 Å². The molecule has 0 unspecified atom stereocenters. The van der Waals surface area contributed by atoms with E-state index in [1.165, 1.54) is 0 Å². The molecule has 2 heterocycles. The van der Waals surface area contributed by atoms with Crippen LogP contribution in [-0.4, -0.2) is 10.9 Å². The molecular formula is C17H14ClN3O2. The summed E-state index contributed by atoms with van der Waals surface area (Å²) in [7, 11) is 0. The van der Waals surface area contributed by atoms with Gasteiger partial charge in [0.25, 0.3) is 5.91 Å². The highest BCUT2D eigenvalue weighted by molar-refractivity contribution is 6.34. The number of nitrogens with one attached hydrogen (secondary N) is 2. The second-order valence-corrected chi connectivity index (χ2v) is 5.21. The van der Waals surface area contributed by atoms with Crippen molar-refractivity contribution < 1.29 is 9.21 Å². The van der Waals surface area contributed by atoms with Crippen LogP contribution in [0.5, 0.6) is 0 Å². The van der Waals surface area contributed by atoms with Crippen molar-refractivity contribution in [1.29, 1.82) is 0 Å². The Bertz CT molecular complexity index is 786. The summed E-state index contributed by atoms with van der Waals surface area (Å²) in [5.74, 6) is 0.999. The van der Waals surface area contributed by atoms with Gasteiger partial charge < -0.3 is 15.1 Å². The fraction of sp³-hybridized carbons (Fsp3) is 0.0588. The van der Waals surface area contributed by atoms with Gasteiger partial charge >= 0.3 is 0 Å². The average molecular weight is 328 g/mol. The van der Waals surface area contributed by atoms with E-state index in [-0.39, 0.29) is 5.91 Å². The maximum atomic E-state index is 12.1. The summed E-state index contributed by atoms with van der Waals surface area (Å²) in [5, 5.41) is 6.30. The molecule has 5 nitrogen and oxygen atoms in total. The maximum Gasteiger partial charge on any atom is 0.258 e. The molecule has 0 aliphatic carbocycles. The highest BCUT2D eigenvalue weighted by atomic mass is 35.5. The summed E-state index contributed by atoms with van der Waals surface area (Å²) in [6, 6.07) is 14.1. The number of pyridine rings is 1. The Hall–Kier alpha value is -2.79. The van der Waals surface area contributed by atoms with E-state index >= 15 is 0 Å². The minimum absolute atomic E-state index is 0.292. The van der Waals surface area contributed by atoms with Gasteiger partial charge in [0.05, 0.1) is 35.3 Å². The number of carbonyl (C=O) groups excluding carboxylic acids is 1. The standard InChI is InChI=1S/C17H14ClN3O2/c18-15-6-2-1-5-14(15)17(22)21-16-8-7-12(10-20-16)19-11-13-4-3-9-23-13/h1-10,19H,11H2,(H,20,21,22). The number of anilines is 2. The lowest BCUT2D eigenvalue weighted by Gasteiger charge is -2.08. The zero-order chi connectivity index (χ0) is 16.1. The topological polar surface area (TPSA) is 67.2 Å². The SMILES string of the molecule is O=C(Nc1ccc(NCc2ccco2)cn1)c1ccccc1Cl. The van der Waals surface area contributed by atoms with E-state index in [1.807, 2.05) is 18.2 Å². The van der Waals surface area contributed by atoms with E-state index in [2.05, 4.69) is 15.6 Å². The number of hydrogen-bond donors (Lipinski definition) is 2. The minimum Gasteiger partial charge on any atom is -0.467 e. The first-order chi connectivity index (χ1) is 11.2. The molecule has 6 heteroatoms. The van der Waals surface area contributed by atoms with Gasteiger partial charge in [-0.05, 0) is 36.4 Å². The molecule has 3 aromatic rings. The predicted octanol–water partition coefficient (Wildman–Crippen LogP) is 4.19. The zero-order valence-corrected chi connectivity index (χ0v) is 12.9. The molecule has 116 valence electrons. The van der Waals surface area contributed by atoms with Gasteiger partial charge in [-0.2, -0.15) is 0 Å².